The molecule has 1 N–H and O–H groups in total. The number of nitrogens with one attached hydrogen (secondary N) is 1. The topological polar surface area (TPSA) is 66.0 Å². The molecule has 0 aliphatic heterocycles. The van der Waals surface area contributed by atoms with Gasteiger partial charge < -0.3 is 9.73 Å². The minimum absolute atomic E-state index is 0.0630. The monoisotopic (exact) mass is 430 g/mol. The van der Waals surface area contributed by atoms with Crippen LogP contribution < -0.4 is 5.32 Å². The summed E-state index contributed by atoms with van der Waals surface area (Å²) in [5.41, 5.74) is 0.0630. The molecule has 134 valence electrons. The molecule has 6 heteroatoms. The van der Waals surface area contributed by atoms with Gasteiger partial charge in [0.1, 0.15) is 17.4 Å². The molecule has 1 aliphatic rings. The van der Waals surface area contributed by atoms with Gasteiger partial charge in [0.05, 0.1) is 4.47 Å². The summed E-state index contributed by atoms with van der Waals surface area (Å²) in [6, 6.07) is 13.8. The number of carbonyl (C=O) groups is 1. The van der Waals surface area contributed by atoms with Crippen LogP contribution in [0.2, 0.25) is 0 Å². The van der Waals surface area contributed by atoms with E-state index >= 15 is 0 Å². The van der Waals surface area contributed by atoms with Crippen LogP contribution >= 0.6 is 27.7 Å². The fraction of sp³-hybridized carbons (Fsp3) is 0.300. The summed E-state index contributed by atoms with van der Waals surface area (Å²) < 4.78 is 6.59. The second-order valence-electron chi connectivity index (χ2n) is 6.18. The lowest BCUT2D eigenvalue weighted by Gasteiger charge is -2.22. The van der Waals surface area contributed by atoms with Gasteiger partial charge in [-0.15, -0.1) is 0 Å². The molecule has 0 radical (unpaired) electrons. The van der Waals surface area contributed by atoms with Gasteiger partial charge >= 0.3 is 0 Å². The number of amides is 1. The van der Waals surface area contributed by atoms with Crippen LogP contribution in [-0.2, 0) is 4.79 Å². The van der Waals surface area contributed by atoms with E-state index in [4.69, 9.17) is 4.42 Å². The lowest BCUT2D eigenvalue weighted by atomic mass is 9.95. The zero-order valence-electron chi connectivity index (χ0n) is 14.2. The molecule has 1 aromatic carbocycles. The Kier molecular flexibility index (Phi) is 6.59. The normalized spacial score (nSPS) is 15.5. The first-order valence-corrected chi connectivity index (χ1v) is 10.2. The lowest BCUT2D eigenvalue weighted by molar-refractivity contribution is -0.117. The first kappa shape index (κ1) is 18.8. The maximum absolute atomic E-state index is 12.4. The smallest absolute Gasteiger partial charge is 0.262 e. The number of carbonyl (C=O) groups excluding carboxylic acids is 1. The Morgan fingerprint density at radius 1 is 1.27 bits per heavy atom. The molecular formula is C20H19BrN2O2S. The van der Waals surface area contributed by atoms with Crippen molar-refractivity contribution in [3.63, 3.8) is 0 Å². The Bertz CT molecular complexity index is 833. The highest BCUT2D eigenvalue weighted by molar-refractivity contribution is 9.10. The Labute approximate surface area is 165 Å². The summed E-state index contributed by atoms with van der Waals surface area (Å²) >= 11 is 4.96. The SMILES string of the molecule is N#C/C(=C/c1cc(Br)c(Sc2ccccc2)o1)C(=O)NC1CCCCC1. The fourth-order valence-corrected chi connectivity index (χ4v) is 4.26. The first-order valence-electron chi connectivity index (χ1n) is 8.60. The first-order chi connectivity index (χ1) is 12.7. The summed E-state index contributed by atoms with van der Waals surface area (Å²) in [6.45, 7) is 0. The summed E-state index contributed by atoms with van der Waals surface area (Å²) in [5.74, 6) is 0.148. The van der Waals surface area contributed by atoms with Gasteiger partial charge in [-0.1, -0.05) is 49.2 Å². The third-order valence-corrected chi connectivity index (χ3v) is 6.07. The number of nitrogens with zero attached hydrogens (tertiary/aromatic N) is 1. The highest BCUT2D eigenvalue weighted by Crippen LogP contribution is 2.36. The van der Waals surface area contributed by atoms with E-state index in [0.29, 0.717) is 10.9 Å². The van der Waals surface area contributed by atoms with Crippen molar-refractivity contribution in [3.05, 3.63) is 52.2 Å². The predicted octanol–water partition coefficient (Wildman–Crippen LogP) is 5.55. The van der Waals surface area contributed by atoms with Crippen molar-refractivity contribution in [2.45, 2.75) is 48.1 Å². The molecule has 4 nitrogen and oxygen atoms in total. The van der Waals surface area contributed by atoms with Gasteiger partial charge in [-0.2, -0.15) is 5.26 Å². The fourth-order valence-electron chi connectivity index (χ4n) is 2.91. The summed E-state index contributed by atoms with van der Waals surface area (Å²) in [7, 11) is 0. The van der Waals surface area contributed by atoms with Crippen LogP contribution in [0, 0.1) is 11.3 Å². The van der Waals surface area contributed by atoms with Crippen molar-refractivity contribution in [1.82, 2.24) is 5.32 Å². The average molecular weight is 431 g/mol. The van der Waals surface area contributed by atoms with Crippen LogP contribution in [0.1, 0.15) is 37.9 Å². The van der Waals surface area contributed by atoms with E-state index in [2.05, 4.69) is 21.2 Å². The van der Waals surface area contributed by atoms with Crippen LogP contribution in [-0.4, -0.2) is 11.9 Å². The van der Waals surface area contributed by atoms with Gasteiger partial charge in [0.15, 0.2) is 5.09 Å². The van der Waals surface area contributed by atoms with Crippen LogP contribution in [0.3, 0.4) is 0 Å². The van der Waals surface area contributed by atoms with Crippen molar-refractivity contribution in [1.29, 1.82) is 5.26 Å². The van der Waals surface area contributed by atoms with Crippen molar-refractivity contribution >= 4 is 39.7 Å². The Balaban J connectivity index is 1.71. The van der Waals surface area contributed by atoms with E-state index in [0.717, 1.165) is 35.1 Å². The molecular weight excluding hydrogens is 412 g/mol. The number of nitriles is 1. The number of hydrogen-bond acceptors (Lipinski definition) is 4. The number of benzene rings is 1. The standard InChI is InChI=1S/C20H19BrN2O2S/c21-18-12-16(25-20(18)26-17-9-5-2-6-10-17)11-14(13-22)19(24)23-15-7-3-1-4-8-15/h2,5-6,9-12,15H,1,3-4,7-8H2,(H,23,24)/b14-11-. The molecule has 1 heterocycles. The highest BCUT2D eigenvalue weighted by Gasteiger charge is 2.19. The second kappa shape index (κ2) is 9.11. The number of rotatable bonds is 5. The molecule has 0 bridgehead atoms. The molecule has 1 aromatic heterocycles. The van der Waals surface area contributed by atoms with E-state index in [1.807, 2.05) is 36.4 Å². The third kappa shape index (κ3) is 5.03. The quantitative estimate of drug-likeness (QED) is 0.498. The van der Waals surface area contributed by atoms with Gasteiger partial charge in [-0.25, -0.2) is 0 Å². The highest BCUT2D eigenvalue weighted by atomic mass is 79.9. The molecule has 0 atom stereocenters. The zero-order valence-corrected chi connectivity index (χ0v) is 16.6. The van der Waals surface area contributed by atoms with E-state index < -0.39 is 0 Å². The van der Waals surface area contributed by atoms with Crippen molar-refractivity contribution in [3.8, 4) is 6.07 Å². The maximum atomic E-state index is 12.4. The summed E-state index contributed by atoms with van der Waals surface area (Å²) in [5, 5.41) is 13.0. The number of halogens is 1. The molecule has 1 aliphatic carbocycles. The third-order valence-electron chi connectivity index (χ3n) is 4.22. The molecule has 0 saturated heterocycles. The van der Waals surface area contributed by atoms with Crippen molar-refractivity contribution < 1.29 is 9.21 Å². The summed E-state index contributed by atoms with van der Waals surface area (Å²) in [4.78, 5) is 13.4. The van der Waals surface area contributed by atoms with E-state index in [1.54, 1.807) is 6.07 Å². The average Bonchev–Trinajstić information content (AvgIpc) is 3.00. The number of furan rings is 1. The Hall–Kier alpha value is -1.97. The predicted molar refractivity (Wildman–Crippen MR) is 106 cm³/mol. The molecule has 1 amide bonds. The van der Waals surface area contributed by atoms with Gasteiger partial charge in [-0.3, -0.25) is 4.79 Å². The molecule has 3 rings (SSSR count). The van der Waals surface area contributed by atoms with Gasteiger partial charge in [0.2, 0.25) is 0 Å². The van der Waals surface area contributed by atoms with Crippen molar-refractivity contribution in [2.24, 2.45) is 0 Å². The van der Waals surface area contributed by atoms with Crippen LogP contribution in [0.15, 0.2) is 60.8 Å². The Morgan fingerprint density at radius 2 is 2.00 bits per heavy atom. The second-order valence-corrected chi connectivity index (χ2v) is 8.08. The maximum Gasteiger partial charge on any atom is 0.262 e. The molecule has 26 heavy (non-hydrogen) atoms. The minimum Gasteiger partial charge on any atom is -0.449 e. The van der Waals surface area contributed by atoms with Crippen LogP contribution in [0.25, 0.3) is 6.08 Å². The van der Waals surface area contributed by atoms with Gasteiger partial charge in [-0.05, 0) is 47.0 Å². The van der Waals surface area contributed by atoms with Gasteiger partial charge in [0.25, 0.3) is 5.91 Å². The number of hydrogen-bond donors (Lipinski definition) is 1. The Morgan fingerprint density at radius 3 is 2.69 bits per heavy atom. The molecule has 0 spiro atoms. The van der Waals surface area contributed by atoms with Crippen molar-refractivity contribution in [2.75, 3.05) is 0 Å². The summed E-state index contributed by atoms with van der Waals surface area (Å²) in [6.07, 6.45) is 6.93. The molecule has 0 unspecified atom stereocenters. The lowest BCUT2D eigenvalue weighted by Crippen LogP contribution is -2.36. The molecule has 2 aromatic rings. The molecule has 1 fully saturated rings. The van der Waals surface area contributed by atoms with Crippen LogP contribution in [0.4, 0.5) is 0 Å². The largest absolute Gasteiger partial charge is 0.449 e. The zero-order chi connectivity index (χ0) is 18.4. The molecule has 1 saturated carbocycles. The van der Waals surface area contributed by atoms with E-state index in [9.17, 15) is 10.1 Å². The van der Waals surface area contributed by atoms with E-state index in [1.165, 1.54) is 24.3 Å². The van der Waals surface area contributed by atoms with Gasteiger partial charge in [0, 0.05) is 17.0 Å². The van der Waals surface area contributed by atoms with Crippen LogP contribution in [0.5, 0.6) is 0 Å². The van der Waals surface area contributed by atoms with E-state index in [-0.39, 0.29) is 17.5 Å². The minimum atomic E-state index is -0.329.